The molecule has 1 aromatic heterocycles. The summed E-state index contributed by atoms with van der Waals surface area (Å²) in [5.74, 6) is 1.25. The van der Waals surface area contributed by atoms with E-state index in [0.29, 0.717) is 18.3 Å². The van der Waals surface area contributed by atoms with E-state index in [4.69, 9.17) is 4.74 Å². The Morgan fingerprint density at radius 3 is 3.13 bits per heavy atom. The molecular formula is C9H17N5O. The summed E-state index contributed by atoms with van der Waals surface area (Å²) in [6.07, 6.45) is 1.43. The molecule has 15 heavy (non-hydrogen) atoms. The van der Waals surface area contributed by atoms with Crippen LogP contribution in [0.15, 0.2) is 0 Å². The molecule has 0 bridgehead atoms. The minimum atomic E-state index is 0.266. The number of tetrazole rings is 1. The number of aromatic nitrogens is 4. The Balaban J connectivity index is 1.81. The van der Waals surface area contributed by atoms with E-state index < -0.39 is 0 Å². The Hall–Kier alpha value is -1.01. The lowest BCUT2D eigenvalue weighted by Crippen LogP contribution is -2.41. The lowest BCUT2D eigenvalue weighted by Gasteiger charge is -2.28. The van der Waals surface area contributed by atoms with E-state index in [2.05, 4.69) is 27.7 Å². The maximum absolute atomic E-state index is 5.75. The maximum atomic E-state index is 5.75. The Morgan fingerprint density at radius 1 is 1.60 bits per heavy atom. The van der Waals surface area contributed by atoms with Crippen molar-refractivity contribution in [1.82, 2.24) is 25.5 Å². The second-order valence-electron chi connectivity index (χ2n) is 4.01. The van der Waals surface area contributed by atoms with Crippen LogP contribution in [0.25, 0.3) is 0 Å². The van der Waals surface area contributed by atoms with E-state index >= 15 is 0 Å². The van der Waals surface area contributed by atoms with Gasteiger partial charge in [-0.05, 0) is 24.1 Å². The van der Waals surface area contributed by atoms with E-state index in [0.717, 1.165) is 13.1 Å². The minimum absolute atomic E-state index is 0.266. The average molecular weight is 211 g/mol. The molecule has 0 spiro atoms. The molecule has 2 heterocycles. The lowest BCUT2D eigenvalue weighted by atomic mass is 9.97. The molecule has 6 nitrogen and oxygen atoms in total. The third kappa shape index (κ3) is 2.73. The fraction of sp³-hybridized carbons (Fsp3) is 0.889. The first-order valence-electron chi connectivity index (χ1n) is 5.31. The van der Waals surface area contributed by atoms with Crippen molar-refractivity contribution in [2.45, 2.75) is 26.1 Å². The second-order valence-corrected chi connectivity index (χ2v) is 4.01. The summed E-state index contributed by atoms with van der Waals surface area (Å²) in [5.41, 5.74) is 0. The minimum Gasteiger partial charge on any atom is -0.368 e. The summed E-state index contributed by atoms with van der Waals surface area (Å²) in [7, 11) is 1.75. The molecule has 6 heteroatoms. The zero-order valence-corrected chi connectivity index (χ0v) is 9.18. The number of hydrogen-bond acceptors (Lipinski definition) is 5. The van der Waals surface area contributed by atoms with E-state index in [1.807, 2.05) is 0 Å². The molecule has 1 aliphatic rings. The third-order valence-corrected chi connectivity index (χ3v) is 2.73. The highest BCUT2D eigenvalue weighted by atomic mass is 16.5. The topological polar surface area (TPSA) is 64.9 Å². The summed E-state index contributed by atoms with van der Waals surface area (Å²) in [5, 5.41) is 15.0. The van der Waals surface area contributed by atoms with E-state index in [9.17, 15) is 0 Å². The van der Waals surface area contributed by atoms with Gasteiger partial charge < -0.3 is 10.1 Å². The lowest BCUT2D eigenvalue weighted by molar-refractivity contribution is -0.00954. The van der Waals surface area contributed by atoms with Crippen LogP contribution in [0.4, 0.5) is 0 Å². The maximum Gasteiger partial charge on any atom is 0.200 e. The first kappa shape index (κ1) is 10.5. The predicted octanol–water partition coefficient (Wildman–Crippen LogP) is -0.275. The van der Waals surface area contributed by atoms with Gasteiger partial charge in [0.15, 0.2) is 5.82 Å². The number of nitrogens with zero attached hydrogens (tertiary/aromatic N) is 4. The van der Waals surface area contributed by atoms with Crippen LogP contribution >= 0.6 is 0 Å². The normalized spacial score (nSPS) is 26.8. The standard InChI is InChI=1S/C9H17N5O/c1-7-3-4-10-5-8(7)15-6-9-11-13-14(2)12-9/h7-8,10H,3-6H2,1-2H3. The van der Waals surface area contributed by atoms with E-state index in [1.165, 1.54) is 11.2 Å². The van der Waals surface area contributed by atoms with Crippen molar-refractivity contribution in [3.63, 3.8) is 0 Å². The molecule has 1 aliphatic heterocycles. The average Bonchev–Trinajstić information content (AvgIpc) is 2.63. The Morgan fingerprint density at radius 2 is 2.47 bits per heavy atom. The Bertz CT molecular complexity index is 313. The summed E-state index contributed by atoms with van der Waals surface area (Å²) in [4.78, 5) is 1.45. The Labute approximate surface area is 89.0 Å². The monoisotopic (exact) mass is 211 g/mol. The molecular weight excluding hydrogens is 194 g/mol. The summed E-state index contributed by atoms with van der Waals surface area (Å²) in [6.45, 7) is 4.67. The SMILES string of the molecule is CC1CCNCC1OCc1nnn(C)n1. The number of nitrogens with one attached hydrogen (secondary N) is 1. The molecule has 2 rings (SSSR count). The summed E-state index contributed by atoms with van der Waals surface area (Å²) in [6, 6.07) is 0. The van der Waals surface area contributed by atoms with Crippen LogP contribution < -0.4 is 5.32 Å². The number of rotatable bonds is 3. The molecule has 1 N–H and O–H groups in total. The van der Waals surface area contributed by atoms with Crippen molar-refractivity contribution in [2.75, 3.05) is 13.1 Å². The van der Waals surface area contributed by atoms with E-state index in [-0.39, 0.29) is 6.10 Å². The molecule has 0 aliphatic carbocycles. The highest BCUT2D eigenvalue weighted by Gasteiger charge is 2.21. The molecule has 0 aromatic carbocycles. The molecule has 2 atom stereocenters. The highest BCUT2D eigenvalue weighted by molar-refractivity contribution is 4.78. The smallest absolute Gasteiger partial charge is 0.200 e. The molecule has 1 fully saturated rings. The molecule has 0 radical (unpaired) electrons. The number of hydrogen-bond donors (Lipinski definition) is 1. The molecule has 84 valence electrons. The third-order valence-electron chi connectivity index (χ3n) is 2.73. The van der Waals surface area contributed by atoms with Crippen LogP contribution in [0.3, 0.4) is 0 Å². The predicted molar refractivity (Wildman–Crippen MR) is 54.0 cm³/mol. The zero-order valence-electron chi connectivity index (χ0n) is 9.18. The highest BCUT2D eigenvalue weighted by Crippen LogP contribution is 2.15. The summed E-state index contributed by atoms with van der Waals surface area (Å²) >= 11 is 0. The van der Waals surface area contributed by atoms with Crippen molar-refractivity contribution in [1.29, 1.82) is 0 Å². The molecule has 0 amide bonds. The molecule has 1 aromatic rings. The fourth-order valence-electron chi connectivity index (χ4n) is 1.75. The molecule has 2 unspecified atom stereocenters. The number of ether oxygens (including phenoxy) is 1. The Kier molecular flexibility index (Phi) is 3.27. The van der Waals surface area contributed by atoms with Crippen molar-refractivity contribution >= 4 is 0 Å². The number of aryl methyl sites for hydroxylation is 1. The quantitative estimate of drug-likeness (QED) is 0.745. The van der Waals surface area contributed by atoms with Gasteiger partial charge >= 0.3 is 0 Å². The van der Waals surface area contributed by atoms with Crippen molar-refractivity contribution < 1.29 is 4.74 Å². The van der Waals surface area contributed by atoms with Gasteiger partial charge in [0.05, 0.1) is 13.2 Å². The zero-order chi connectivity index (χ0) is 10.7. The van der Waals surface area contributed by atoms with Gasteiger partial charge in [-0.1, -0.05) is 6.92 Å². The van der Waals surface area contributed by atoms with Crippen molar-refractivity contribution in [2.24, 2.45) is 13.0 Å². The molecule has 0 saturated carbocycles. The van der Waals surface area contributed by atoms with Gasteiger partial charge in [0, 0.05) is 6.54 Å². The van der Waals surface area contributed by atoms with Crippen LogP contribution in [0.5, 0.6) is 0 Å². The van der Waals surface area contributed by atoms with Gasteiger partial charge in [-0.15, -0.1) is 10.2 Å². The van der Waals surface area contributed by atoms with E-state index in [1.54, 1.807) is 7.05 Å². The van der Waals surface area contributed by atoms with Crippen LogP contribution in [-0.2, 0) is 18.4 Å². The van der Waals surface area contributed by atoms with Gasteiger partial charge in [-0.2, -0.15) is 4.80 Å². The van der Waals surface area contributed by atoms with Crippen LogP contribution in [0.1, 0.15) is 19.2 Å². The van der Waals surface area contributed by atoms with Gasteiger partial charge in [-0.3, -0.25) is 0 Å². The molecule has 1 saturated heterocycles. The van der Waals surface area contributed by atoms with Gasteiger partial charge in [0.25, 0.3) is 0 Å². The first-order valence-corrected chi connectivity index (χ1v) is 5.31. The van der Waals surface area contributed by atoms with Crippen molar-refractivity contribution in [3.8, 4) is 0 Å². The van der Waals surface area contributed by atoms with Gasteiger partial charge in [0.1, 0.15) is 6.61 Å². The largest absolute Gasteiger partial charge is 0.368 e. The number of piperidine rings is 1. The second kappa shape index (κ2) is 4.67. The fourth-order valence-corrected chi connectivity index (χ4v) is 1.75. The summed E-state index contributed by atoms with van der Waals surface area (Å²) < 4.78 is 5.75. The van der Waals surface area contributed by atoms with Gasteiger partial charge in [-0.25, -0.2) is 0 Å². The first-order chi connectivity index (χ1) is 7.25. The van der Waals surface area contributed by atoms with Crippen LogP contribution in [-0.4, -0.2) is 39.4 Å². The van der Waals surface area contributed by atoms with Crippen molar-refractivity contribution in [3.05, 3.63) is 5.82 Å². The van der Waals surface area contributed by atoms with Crippen LogP contribution in [0.2, 0.25) is 0 Å². The van der Waals surface area contributed by atoms with Crippen LogP contribution in [0, 0.1) is 5.92 Å². The van der Waals surface area contributed by atoms with Gasteiger partial charge in [0.2, 0.25) is 0 Å².